The zero-order chi connectivity index (χ0) is 27.9. The van der Waals surface area contributed by atoms with Crippen molar-refractivity contribution in [3.05, 3.63) is 97.1 Å². The van der Waals surface area contributed by atoms with Crippen LogP contribution in [-0.2, 0) is 0 Å². The Kier molecular flexibility index (Phi) is 12.3. The van der Waals surface area contributed by atoms with E-state index in [0.717, 1.165) is 58.8 Å². The second-order valence-electron chi connectivity index (χ2n) is 7.00. The molecule has 0 unspecified atom stereocenters. The van der Waals surface area contributed by atoms with Crippen LogP contribution in [0.4, 0.5) is 0 Å². The number of fused-ring (bicyclic) bond motifs is 2. The average molecular weight is 513 g/mol. The van der Waals surface area contributed by atoms with Crippen LogP contribution in [0.15, 0.2) is 97.1 Å². The lowest BCUT2D eigenvalue weighted by atomic mass is 10.0. The molecule has 198 valence electrons. The summed E-state index contributed by atoms with van der Waals surface area (Å²) in [7, 11) is 2.00. The third-order valence-electron chi connectivity index (χ3n) is 5.09. The fourth-order valence-corrected chi connectivity index (χ4v) is 3.66. The maximum absolute atomic E-state index is 7.00. The van der Waals surface area contributed by atoms with Gasteiger partial charge < -0.3 is 10.2 Å². The maximum atomic E-state index is 7.00. The number of rotatable bonds is 3. The summed E-state index contributed by atoms with van der Waals surface area (Å²) in [6, 6.07) is 31.9. The van der Waals surface area contributed by atoms with Gasteiger partial charge >= 0.3 is 0 Å². The predicted molar refractivity (Wildman–Crippen MR) is 156 cm³/mol. The fourth-order valence-electron chi connectivity index (χ4n) is 3.66. The van der Waals surface area contributed by atoms with Crippen LogP contribution in [0, 0.1) is 0 Å². The Balaban J connectivity index is 0.000000583. The summed E-state index contributed by atoms with van der Waals surface area (Å²) in [6.45, 7) is 8.00. The second-order valence-corrected chi connectivity index (χ2v) is 7.00. The number of hydrogen-bond donors (Lipinski definition) is 2. The molecular weight excluding hydrogens is 476 g/mol. The third-order valence-corrected chi connectivity index (χ3v) is 5.09. The van der Waals surface area contributed by atoms with Crippen molar-refractivity contribution in [3.63, 3.8) is 0 Å². The van der Waals surface area contributed by atoms with Crippen LogP contribution in [0.1, 0.15) is 27.7 Å². The molecule has 2 N–H and O–H groups in total. The number of para-hydroxylation sites is 2. The van der Waals surface area contributed by atoms with Crippen molar-refractivity contribution in [2.75, 3.05) is 14.2 Å². The normalized spacial score (nSPS) is 9.58. The van der Waals surface area contributed by atoms with Gasteiger partial charge in [0, 0.05) is 25.3 Å². The van der Waals surface area contributed by atoms with Gasteiger partial charge in [0.2, 0.25) is 0 Å². The molecule has 0 aliphatic heterocycles. The first-order valence-electron chi connectivity index (χ1n) is 12.6. The molecule has 6 rings (SSSR count). The molecule has 0 radical (unpaired) electrons. The first-order chi connectivity index (χ1) is 18.9. The van der Waals surface area contributed by atoms with Gasteiger partial charge in [0.05, 0.1) is 11.4 Å². The molecule has 6 aromatic rings. The van der Waals surface area contributed by atoms with Crippen LogP contribution in [0.5, 0.6) is 0 Å². The summed E-state index contributed by atoms with van der Waals surface area (Å²) in [5, 5.41) is 32.9. The Morgan fingerprint density at radius 1 is 0.421 bits per heavy atom. The molecule has 0 saturated heterocycles. The van der Waals surface area contributed by atoms with Crippen molar-refractivity contribution in [1.29, 1.82) is 0 Å². The number of aliphatic hydroxyl groups is 2. The average Bonchev–Trinajstić information content (AvgIpc) is 3.67. The number of aliphatic hydroxyl groups excluding tert-OH is 2. The molecule has 0 spiro atoms. The number of aromatic nitrogens is 6. The quantitative estimate of drug-likeness (QED) is 0.297. The minimum Gasteiger partial charge on any atom is -0.400 e. The molecular formula is C30H36N6O2. The number of hydrogen-bond acceptors (Lipinski definition) is 6. The molecule has 0 atom stereocenters. The summed E-state index contributed by atoms with van der Waals surface area (Å²) in [4.78, 5) is 3.35. The highest BCUT2D eigenvalue weighted by Gasteiger charge is 2.15. The van der Waals surface area contributed by atoms with E-state index in [2.05, 4.69) is 22.3 Å². The van der Waals surface area contributed by atoms with Gasteiger partial charge in [0.15, 0.2) is 0 Å². The van der Waals surface area contributed by atoms with E-state index in [0.29, 0.717) is 0 Å². The van der Waals surface area contributed by atoms with Crippen molar-refractivity contribution in [1.82, 2.24) is 30.0 Å². The third kappa shape index (κ3) is 6.47. The molecule has 0 saturated carbocycles. The van der Waals surface area contributed by atoms with E-state index in [1.54, 1.807) is 9.59 Å². The Morgan fingerprint density at radius 2 is 0.763 bits per heavy atom. The highest BCUT2D eigenvalue weighted by atomic mass is 16.2. The lowest BCUT2D eigenvalue weighted by molar-refractivity contribution is 0.399. The first kappa shape index (κ1) is 29.8. The van der Waals surface area contributed by atoms with Crippen LogP contribution >= 0.6 is 0 Å². The molecule has 0 aliphatic carbocycles. The molecule has 2 heterocycles. The summed E-state index contributed by atoms with van der Waals surface area (Å²) < 4.78 is 0. The Bertz CT molecular complexity index is 1380. The highest BCUT2D eigenvalue weighted by molar-refractivity contribution is 6.00. The van der Waals surface area contributed by atoms with Crippen molar-refractivity contribution in [2.24, 2.45) is 0 Å². The van der Waals surface area contributed by atoms with Crippen molar-refractivity contribution >= 4 is 22.1 Å². The first-order valence-corrected chi connectivity index (χ1v) is 12.6. The summed E-state index contributed by atoms with van der Waals surface area (Å²) in [6.07, 6.45) is 0. The van der Waals surface area contributed by atoms with Crippen LogP contribution < -0.4 is 0 Å². The van der Waals surface area contributed by atoms with Crippen LogP contribution in [0.2, 0.25) is 0 Å². The monoisotopic (exact) mass is 512 g/mol. The SMILES string of the molecule is CC.CC.CO.CO.c1ccc(-n2nc3cccc(-c4cccc5nn(-c6ccccc6)nc45)c3n2)cc1. The van der Waals surface area contributed by atoms with Gasteiger partial charge in [-0.05, 0) is 36.4 Å². The zero-order valence-electron chi connectivity index (χ0n) is 22.8. The van der Waals surface area contributed by atoms with Gasteiger partial charge in [0.1, 0.15) is 22.1 Å². The number of nitrogens with zero attached hydrogens (tertiary/aromatic N) is 6. The van der Waals surface area contributed by atoms with Crippen molar-refractivity contribution in [2.45, 2.75) is 27.7 Å². The van der Waals surface area contributed by atoms with Gasteiger partial charge in [0.25, 0.3) is 0 Å². The van der Waals surface area contributed by atoms with Crippen LogP contribution in [0.25, 0.3) is 44.6 Å². The largest absolute Gasteiger partial charge is 0.400 e. The maximum Gasteiger partial charge on any atom is 0.121 e. The summed E-state index contributed by atoms with van der Waals surface area (Å²) in [5.41, 5.74) is 7.17. The molecule has 8 heteroatoms. The van der Waals surface area contributed by atoms with E-state index in [9.17, 15) is 0 Å². The molecule has 0 bridgehead atoms. The van der Waals surface area contributed by atoms with Gasteiger partial charge in [-0.3, -0.25) is 0 Å². The lowest BCUT2D eigenvalue weighted by Gasteiger charge is -2.02. The minimum absolute atomic E-state index is 0.836. The van der Waals surface area contributed by atoms with Gasteiger partial charge in [-0.15, -0.1) is 20.4 Å². The van der Waals surface area contributed by atoms with Gasteiger partial charge in [-0.25, -0.2) is 0 Å². The molecule has 0 amide bonds. The van der Waals surface area contributed by atoms with Crippen LogP contribution in [0.3, 0.4) is 0 Å². The summed E-state index contributed by atoms with van der Waals surface area (Å²) in [5.74, 6) is 0. The molecule has 0 fully saturated rings. The Hall–Kier alpha value is -4.40. The van der Waals surface area contributed by atoms with E-state index >= 15 is 0 Å². The Labute approximate surface area is 223 Å². The van der Waals surface area contributed by atoms with Gasteiger partial charge in [-0.1, -0.05) is 88.4 Å². The van der Waals surface area contributed by atoms with Crippen molar-refractivity contribution in [3.8, 4) is 22.5 Å². The Morgan fingerprint density at radius 3 is 1.11 bits per heavy atom. The molecule has 38 heavy (non-hydrogen) atoms. The minimum atomic E-state index is 0.836. The fraction of sp³-hybridized carbons (Fsp3) is 0.200. The molecule has 2 aromatic heterocycles. The van der Waals surface area contributed by atoms with Crippen LogP contribution in [-0.4, -0.2) is 54.4 Å². The van der Waals surface area contributed by atoms with E-state index < -0.39 is 0 Å². The second kappa shape index (κ2) is 15.7. The standard InChI is InChI=1S/C24H16N6.2C2H6.2CH4O/c1-3-9-17(10-4-1)29-25-21-15-7-13-19(23(21)27-29)20-14-8-16-22-24(20)28-30(26-22)18-11-5-2-6-12-18;4*1-2/h1-16H;2*1-2H3;2*2H,1H3. The lowest BCUT2D eigenvalue weighted by Crippen LogP contribution is -1.97. The zero-order valence-corrected chi connectivity index (χ0v) is 22.8. The van der Waals surface area contributed by atoms with E-state index in [1.807, 2.05) is 113 Å². The smallest absolute Gasteiger partial charge is 0.121 e. The molecule has 4 aromatic carbocycles. The van der Waals surface area contributed by atoms with E-state index in [1.165, 1.54) is 0 Å². The predicted octanol–water partition coefficient (Wildman–Crippen LogP) is 6.09. The highest BCUT2D eigenvalue weighted by Crippen LogP contribution is 2.31. The van der Waals surface area contributed by atoms with E-state index in [4.69, 9.17) is 20.4 Å². The molecule has 0 aliphatic rings. The van der Waals surface area contributed by atoms with Gasteiger partial charge in [-0.2, -0.15) is 9.59 Å². The van der Waals surface area contributed by atoms with E-state index in [-0.39, 0.29) is 0 Å². The topological polar surface area (TPSA) is 102 Å². The summed E-state index contributed by atoms with van der Waals surface area (Å²) >= 11 is 0. The van der Waals surface area contributed by atoms with Crippen molar-refractivity contribution < 1.29 is 10.2 Å². The number of benzene rings is 4. The molecule has 8 nitrogen and oxygen atoms in total.